The summed E-state index contributed by atoms with van der Waals surface area (Å²) in [5.74, 6) is -1.71. The standard InChI is InChI=1S/C8H6FIO3/c9-7(8(11)12)13-6-3-1-5(10)2-4-6/h1-4,7H,(H,11,12)/p-1. The van der Waals surface area contributed by atoms with Crippen LogP contribution in [-0.4, -0.2) is 12.3 Å². The highest BCUT2D eigenvalue weighted by Gasteiger charge is 2.07. The molecule has 0 aliphatic carbocycles. The highest BCUT2D eigenvalue weighted by Crippen LogP contribution is 2.15. The second-order valence-corrected chi connectivity index (χ2v) is 3.45. The second-order valence-electron chi connectivity index (χ2n) is 2.21. The summed E-state index contributed by atoms with van der Waals surface area (Å²) in [6, 6.07) is 6.32. The van der Waals surface area contributed by atoms with E-state index in [1.807, 2.05) is 0 Å². The maximum absolute atomic E-state index is 12.4. The molecule has 0 heterocycles. The molecule has 70 valence electrons. The minimum absolute atomic E-state index is 0.164. The number of halogens is 2. The van der Waals surface area contributed by atoms with E-state index < -0.39 is 12.3 Å². The normalized spacial score (nSPS) is 12.2. The van der Waals surface area contributed by atoms with Crippen molar-refractivity contribution in [3.8, 4) is 5.75 Å². The number of carbonyl (C=O) groups excluding carboxylic acids is 1. The Hall–Kier alpha value is -0.850. The first-order valence-electron chi connectivity index (χ1n) is 3.37. The molecular weight excluding hydrogens is 290 g/mol. The summed E-state index contributed by atoms with van der Waals surface area (Å²) in [7, 11) is 0. The number of carboxylic acids is 1. The summed E-state index contributed by atoms with van der Waals surface area (Å²) >= 11 is 2.07. The Morgan fingerprint density at radius 3 is 2.46 bits per heavy atom. The van der Waals surface area contributed by atoms with Crippen molar-refractivity contribution in [2.24, 2.45) is 0 Å². The zero-order valence-corrected chi connectivity index (χ0v) is 8.52. The summed E-state index contributed by atoms with van der Waals surface area (Å²) < 4.78 is 17.8. The molecule has 3 nitrogen and oxygen atoms in total. The molecule has 5 heteroatoms. The third-order valence-electron chi connectivity index (χ3n) is 1.24. The fraction of sp³-hybridized carbons (Fsp3) is 0.125. The molecule has 0 bridgehead atoms. The Morgan fingerprint density at radius 1 is 1.46 bits per heavy atom. The van der Waals surface area contributed by atoms with Crippen LogP contribution in [0.1, 0.15) is 0 Å². The molecule has 0 spiro atoms. The van der Waals surface area contributed by atoms with E-state index in [-0.39, 0.29) is 5.75 Å². The summed E-state index contributed by atoms with van der Waals surface area (Å²) in [4.78, 5) is 9.96. The predicted octanol–water partition coefficient (Wildman–Crippen LogP) is 0.715. The number of carbonyl (C=O) groups is 1. The van der Waals surface area contributed by atoms with Crippen LogP contribution in [0.15, 0.2) is 24.3 Å². The van der Waals surface area contributed by atoms with Gasteiger partial charge in [-0.05, 0) is 46.9 Å². The van der Waals surface area contributed by atoms with Gasteiger partial charge in [0.15, 0.2) is 0 Å². The highest BCUT2D eigenvalue weighted by molar-refractivity contribution is 14.1. The number of aliphatic carboxylic acids is 1. The van der Waals surface area contributed by atoms with Gasteiger partial charge >= 0.3 is 0 Å². The van der Waals surface area contributed by atoms with Crippen molar-refractivity contribution < 1.29 is 19.0 Å². The summed E-state index contributed by atoms with van der Waals surface area (Å²) in [6.45, 7) is 0. The molecule has 0 aromatic heterocycles. The average molecular weight is 295 g/mol. The molecule has 13 heavy (non-hydrogen) atoms. The van der Waals surface area contributed by atoms with Crippen molar-refractivity contribution in [1.82, 2.24) is 0 Å². The van der Waals surface area contributed by atoms with Gasteiger partial charge in [0.1, 0.15) is 11.7 Å². The molecule has 0 fully saturated rings. The van der Waals surface area contributed by atoms with Crippen LogP contribution in [0, 0.1) is 3.57 Å². The van der Waals surface area contributed by atoms with Crippen LogP contribution in [0.25, 0.3) is 0 Å². The number of hydrogen-bond acceptors (Lipinski definition) is 3. The zero-order chi connectivity index (χ0) is 9.84. The fourth-order valence-electron chi connectivity index (χ4n) is 0.681. The number of ether oxygens (including phenoxy) is 1. The smallest absolute Gasteiger partial charge is 0.278 e. The van der Waals surface area contributed by atoms with Crippen LogP contribution in [0.3, 0.4) is 0 Å². The van der Waals surface area contributed by atoms with E-state index in [4.69, 9.17) is 0 Å². The lowest BCUT2D eigenvalue weighted by molar-refractivity contribution is -0.320. The molecular formula is C8H5FIO3-. The number of carboxylic acid groups (broad SMARTS) is 1. The molecule has 1 atom stereocenters. The Kier molecular flexibility index (Phi) is 3.47. The number of rotatable bonds is 3. The largest absolute Gasteiger partial charge is 0.543 e. The van der Waals surface area contributed by atoms with Gasteiger partial charge < -0.3 is 14.6 Å². The van der Waals surface area contributed by atoms with Crippen LogP contribution in [0.2, 0.25) is 0 Å². The SMILES string of the molecule is O=C([O-])C(F)Oc1ccc(I)cc1. The molecule has 0 aliphatic rings. The molecule has 0 saturated heterocycles. The first kappa shape index (κ1) is 10.2. The van der Waals surface area contributed by atoms with E-state index in [1.54, 1.807) is 12.1 Å². The van der Waals surface area contributed by atoms with E-state index in [2.05, 4.69) is 27.3 Å². The Bertz CT molecular complexity index is 299. The average Bonchev–Trinajstić information content (AvgIpc) is 2.08. The third-order valence-corrected chi connectivity index (χ3v) is 1.96. The molecule has 0 radical (unpaired) electrons. The molecule has 0 saturated carbocycles. The Labute approximate surface area is 87.7 Å². The van der Waals surface area contributed by atoms with Crippen molar-refractivity contribution >= 4 is 28.6 Å². The molecule has 0 aliphatic heterocycles. The second kappa shape index (κ2) is 4.40. The van der Waals surface area contributed by atoms with Crippen LogP contribution in [0.4, 0.5) is 4.39 Å². The minimum Gasteiger partial charge on any atom is -0.543 e. The number of benzene rings is 1. The summed E-state index contributed by atoms with van der Waals surface area (Å²) in [5, 5.41) is 9.96. The van der Waals surface area contributed by atoms with Gasteiger partial charge in [0.25, 0.3) is 6.36 Å². The summed E-state index contributed by atoms with van der Waals surface area (Å²) in [5.41, 5.74) is 0. The van der Waals surface area contributed by atoms with Gasteiger partial charge in [0.05, 0.1) is 0 Å². The van der Waals surface area contributed by atoms with Crippen molar-refractivity contribution in [2.45, 2.75) is 6.36 Å². The Balaban J connectivity index is 2.64. The van der Waals surface area contributed by atoms with Crippen molar-refractivity contribution in [2.75, 3.05) is 0 Å². The van der Waals surface area contributed by atoms with Crippen LogP contribution in [0.5, 0.6) is 5.75 Å². The molecule has 1 unspecified atom stereocenters. The van der Waals surface area contributed by atoms with Crippen LogP contribution in [-0.2, 0) is 4.79 Å². The van der Waals surface area contributed by atoms with E-state index in [1.165, 1.54) is 12.1 Å². The quantitative estimate of drug-likeness (QED) is 0.772. The zero-order valence-electron chi connectivity index (χ0n) is 6.37. The molecule has 0 amide bonds. The van der Waals surface area contributed by atoms with Gasteiger partial charge in [-0.25, -0.2) is 0 Å². The number of alkyl halides is 1. The van der Waals surface area contributed by atoms with Gasteiger partial charge in [-0.15, -0.1) is 0 Å². The van der Waals surface area contributed by atoms with Gasteiger partial charge in [-0.3, -0.25) is 0 Å². The lowest BCUT2D eigenvalue weighted by atomic mass is 10.3. The summed E-state index contributed by atoms with van der Waals surface area (Å²) in [6.07, 6.45) is -2.42. The van der Waals surface area contributed by atoms with Gasteiger partial charge in [0.2, 0.25) is 0 Å². The van der Waals surface area contributed by atoms with E-state index in [0.717, 1.165) is 3.57 Å². The maximum atomic E-state index is 12.4. The molecule has 0 N–H and O–H groups in total. The minimum atomic E-state index is -2.42. The van der Waals surface area contributed by atoms with E-state index >= 15 is 0 Å². The van der Waals surface area contributed by atoms with Crippen LogP contribution < -0.4 is 9.84 Å². The van der Waals surface area contributed by atoms with E-state index in [0.29, 0.717) is 0 Å². The van der Waals surface area contributed by atoms with Gasteiger partial charge in [0, 0.05) is 3.57 Å². The predicted molar refractivity (Wildman–Crippen MR) is 49.7 cm³/mol. The first-order valence-corrected chi connectivity index (χ1v) is 4.44. The monoisotopic (exact) mass is 295 g/mol. The van der Waals surface area contributed by atoms with Crippen LogP contribution >= 0.6 is 22.6 Å². The lowest BCUT2D eigenvalue weighted by Gasteiger charge is -2.11. The van der Waals surface area contributed by atoms with Gasteiger partial charge in [-0.2, -0.15) is 4.39 Å². The fourth-order valence-corrected chi connectivity index (χ4v) is 1.04. The lowest BCUT2D eigenvalue weighted by Crippen LogP contribution is -2.36. The first-order chi connectivity index (χ1) is 6.09. The Morgan fingerprint density at radius 2 is 2.00 bits per heavy atom. The third kappa shape index (κ3) is 3.17. The van der Waals surface area contributed by atoms with Crippen molar-refractivity contribution in [1.29, 1.82) is 0 Å². The molecule has 1 aromatic rings. The highest BCUT2D eigenvalue weighted by atomic mass is 127. The van der Waals surface area contributed by atoms with Gasteiger partial charge in [-0.1, -0.05) is 0 Å². The van der Waals surface area contributed by atoms with E-state index in [9.17, 15) is 14.3 Å². The molecule has 1 rings (SSSR count). The van der Waals surface area contributed by atoms with Crippen molar-refractivity contribution in [3.63, 3.8) is 0 Å². The molecule has 1 aromatic carbocycles. The maximum Gasteiger partial charge on any atom is 0.278 e. The van der Waals surface area contributed by atoms with Crippen molar-refractivity contribution in [3.05, 3.63) is 27.8 Å². The number of hydrogen-bond donors (Lipinski definition) is 0. The topological polar surface area (TPSA) is 49.4 Å².